The molecule has 0 fully saturated rings. The molecular weight excluding hydrogens is 400 g/mol. The van der Waals surface area contributed by atoms with Crippen LogP contribution in [-0.4, -0.2) is 7.32 Å². The van der Waals surface area contributed by atoms with Gasteiger partial charge in [0.15, 0.2) is 0 Å². The van der Waals surface area contributed by atoms with Crippen LogP contribution in [0.1, 0.15) is 0 Å². The van der Waals surface area contributed by atoms with Crippen molar-refractivity contribution in [2.45, 2.75) is 0 Å². The van der Waals surface area contributed by atoms with Crippen molar-refractivity contribution in [1.29, 1.82) is 0 Å². The van der Waals surface area contributed by atoms with E-state index in [0.29, 0.717) is 0 Å². The van der Waals surface area contributed by atoms with Gasteiger partial charge < -0.3 is 15.1 Å². The summed E-state index contributed by atoms with van der Waals surface area (Å²) in [7, 11) is -2.92. The van der Waals surface area contributed by atoms with Gasteiger partial charge in [-0.2, -0.15) is 0 Å². The molecule has 0 unspecified atom stereocenters. The van der Waals surface area contributed by atoms with E-state index in [2.05, 4.69) is 0 Å². The molecule has 0 bridgehead atoms. The zero-order chi connectivity index (χ0) is 3.58. The summed E-state index contributed by atoms with van der Waals surface area (Å²) < 4.78 is 0. The van der Waals surface area contributed by atoms with Gasteiger partial charge in [-0.25, -0.2) is 0 Å². The van der Waals surface area contributed by atoms with E-state index in [1.165, 1.54) is 0 Å². The molecule has 0 atom stereocenters. The van der Waals surface area contributed by atoms with Crippen molar-refractivity contribution in [3.05, 3.63) is 0 Å². The van der Waals surface area contributed by atoms with Gasteiger partial charge >= 0.3 is 39.9 Å². The average Bonchev–Trinajstić information content (AvgIpc) is 0.811. The van der Waals surface area contributed by atoms with Crippen molar-refractivity contribution in [2.24, 2.45) is 0 Å². The minimum absolute atomic E-state index is 0. The molecule has 35 valence electrons. The van der Waals surface area contributed by atoms with Crippen LogP contribution in [0.3, 0.4) is 0 Å². The molecule has 0 aromatic carbocycles. The van der Waals surface area contributed by atoms with Crippen LogP contribution in [0.15, 0.2) is 0 Å². The van der Waals surface area contributed by atoms with Crippen molar-refractivity contribution < 1.29 is 76.1 Å². The summed E-state index contributed by atoms with van der Waals surface area (Å²) in [5.74, 6) is 0. The quantitative estimate of drug-likeness (QED) is 0.390. The zero-order valence-corrected chi connectivity index (χ0v) is 7.77. The third-order valence-corrected chi connectivity index (χ3v) is 0. The molecule has 0 aliphatic heterocycles. The van der Waals surface area contributed by atoms with Gasteiger partial charge in [-0.05, 0) is 0 Å². The van der Waals surface area contributed by atoms with E-state index in [1.54, 1.807) is 0 Å². The molecule has 6 heavy (non-hydrogen) atoms. The molecule has 0 spiro atoms. The van der Waals surface area contributed by atoms with Gasteiger partial charge in [-0.1, -0.05) is 0 Å². The monoisotopic (exact) mass is 401 g/mol. The van der Waals surface area contributed by atoms with Crippen molar-refractivity contribution in [2.75, 3.05) is 0 Å². The van der Waals surface area contributed by atoms with Gasteiger partial charge in [0.05, 0.1) is 0 Å². The minimum atomic E-state index is -2.92. The molecule has 0 amide bonds. The second-order valence-corrected chi connectivity index (χ2v) is 0.289. The van der Waals surface area contributed by atoms with Crippen LogP contribution in [0, 0.1) is 39.9 Å². The molecule has 0 heterocycles. The molecule has 3 nitrogen and oxygen atoms in total. The Morgan fingerprint density at radius 1 is 1.00 bits per heavy atom. The molecule has 6 heteroatoms. The van der Waals surface area contributed by atoms with Crippen molar-refractivity contribution >= 4 is 7.32 Å². The molecule has 0 rings (SSSR count). The molecule has 0 N–H and O–H groups in total. The fourth-order valence-electron chi connectivity index (χ4n) is 0. The van der Waals surface area contributed by atoms with Crippen LogP contribution < -0.4 is 15.1 Å². The smallest absolute Gasteiger partial charge is 0.907 e. The third kappa shape index (κ3) is 38.2. The first-order chi connectivity index (χ1) is 1.73. The molecule has 0 aromatic rings. The first-order valence-corrected chi connectivity index (χ1v) is 0.707. The summed E-state index contributed by atoms with van der Waals surface area (Å²) in [6, 6.07) is 0. The minimum Gasteiger partial charge on any atom is -0.907 e. The molecule has 0 aliphatic rings. The molecule has 0 aliphatic carbocycles. The first kappa shape index (κ1) is 15.7. The van der Waals surface area contributed by atoms with E-state index in [-0.39, 0.29) is 61.0 Å². The molecule has 0 saturated heterocycles. The summed E-state index contributed by atoms with van der Waals surface area (Å²) in [5, 5.41) is 25.2. The Bertz CT molecular complexity index is 15.5. The second kappa shape index (κ2) is 10.0. The van der Waals surface area contributed by atoms with Crippen LogP contribution in [-0.2, 0) is 21.1 Å². The van der Waals surface area contributed by atoms with Gasteiger partial charge in [0.25, 0.3) is 0 Å². The van der Waals surface area contributed by atoms with Gasteiger partial charge in [0, 0.05) is 21.1 Å². The van der Waals surface area contributed by atoms with Crippen LogP contribution in [0.2, 0.25) is 0 Å². The SMILES string of the molecule is [Gd+3].[O-]B([O-])[O-].[W]. The largest absolute Gasteiger partial charge is 3.00 e. The Morgan fingerprint density at radius 3 is 1.00 bits per heavy atom. The predicted octanol–water partition coefficient (Wildman–Crippen LogP) is -3.95. The van der Waals surface area contributed by atoms with Crippen molar-refractivity contribution in [3.63, 3.8) is 0 Å². The van der Waals surface area contributed by atoms with Gasteiger partial charge in [-0.3, -0.25) is 7.32 Å². The van der Waals surface area contributed by atoms with E-state index < -0.39 is 7.32 Å². The standard InChI is InChI=1S/BO3.Gd.W/c2-1(3)4;;/q-3;+3;. The third-order valence-electron chi connectivity index (χ3n) is 0. The number of hydrogen-bond acceptors (Lipinski definition) is 3. The van der Waals surface area contributed by atoms with Crippen molar-refractivity contribution in [1.82, 2.24) is 0 Å². The predicted molar refractivity (Wildman–Crippen MR) is 5.75 cm³/mol. The maximum Gasteiger partial charge on any atom is 3.00 e. The van der Waals surface area contributed by atoms with Gasteiger partial charge in [0.2, 0.25) is 0 Å². The van der Waals surface area contributed by atoms with E-state index >= 15 is 0 Å². The summed E-state index contributed by atoms with van der Waals surface area (Å²) in [6.45, 7) is 0. The van der Waals surface area contributed by atoms with E-state index in [0.717, 1.165) is 0 Å². The van der Waals surface area contributed by atoms with E-state index in [4.69, 9.17) is 15.1 Å². The normalized spacial score (nSPS) is 4.50. The first-order valence-electron chi connectivity index (χ1n) is 0.707. The van der Waals surface area contributed by atoms with Gasteiger partial charge in [-0.15, -0.1) is 0 Å². The zero-order valence-electron chi connectivity index (χ0n) is 2.56. The maximum absolute atomic E-state index is 8.42. The van der Waals surface area contributed by atoms with Crippen LogP contribution in [0.25, 0.3) is 0 Å². The number of rotatable bonds is 0. The molecule has 1 radical (unpaired) electrons. The summed E-state index contributed by atoms with van der Waals surface area (Å²) in [4.78, 5) is 0. The molecule has 0 saturated carbocycles. The number of hydrogen-bond donors (Lipinski definition) is 0. The topological polar surface area (TPSA) is 69.2 Å². The fourth-order valence-corrected chi connectivity index (χ4v) is 0. The Morgan fingerprint density at radius 2 is 1.00 bits per heavy atom. The Balaban J connectivity index is -0.0000000450. The summed E-state index contributed by atoms with van der Waals surface area (Å²) in [5.41, 5.74) is 0. The Labute approximate surface area is 82.3 Å². The van der Waals surface area contributed by atoms with Crippen LogP contribution >= 0.6 is 0 Å². The summed E-state index contributed by atoms with van der Waals surface area (Å²) >= 11 is 0. The maximum atomic E-state index is 8.42. The second-order valence-electron chi connectivity index (χ2n) is 0.289. The average molecular weight is 400 g/mol. The molecular formula is BGdO3W. The van der Waals surface area contributed by atoms with Gasteiger partial charge in [0.1, 0.15) is 0 Å². The van der Waals surface area contributed by atoms with E-state index in [9.17, 15) is 0 Å². The fraction of sp³-hybridized carbons (Fsp3) is 0. The van der Waals surface area contributed by atoms with Crippen LogP contribution in [0.5, 0.6) is 0 Å². The molecule has 0 aromatic heterocycles. The van der Waals surface area contributed by atoms with E-state index in [1.807, 2.05) is 0 Å². The van der Waals surface area contributed by atoms with Crippen molar-refractivity contribution in [3.8, 4) is 0 Å². The Hall–Kier alpha value is 1.96. The summed E-state index contributed by atoms with van der Waals surface area (Å²) in [6.07, 6.45) is 0. The Kier molecular flexibility index (Phi) is 26.2. The van der Waals surface area contributed by atoms with Crippen LogP contribution in [0.4, 0.5) is 0 Å².